The van der Waals surface area contributed by atoms with Crippen LogP contribution in [-0.2, 0) is 4.79 Å². The number of carboxylic acid groups (broad SMARTS) is 1. The van der Waals surface area contributed by atoms with Gasteiger partial charge >= 0.3 is 5.97 Å². The Morgan fingerprint density at radius 2 is 2.06 bits per heavy atom. The molecule has 2 rings (SSSR count). The maximum atomic E-state index is 11.3. The summed E-state index contributed by atoms with van der Waals surface area (Å²) in [5.74, 6) is -0.882. The summed E-state index contributed by atoms with van der Waals surface area (Å²) in [5, 5.41) is 9.27. The second kappa shape index (κ2) is 4.18. The van der Waals surface area contributed by atoms with Crippen LogP contribution in [0.15, 0.2) is 42.9 Å². The highest BCUT2D eigenvalue weighted by Crippen LogP contribution is 2.19. The predicted molar refractivity (Wildman–Crippen MR) is 59.2 cm³/mol. The third-order valence-corrected chi connectivity index (χ3v) is 2.49. The Morgan fingerprint density at radius 3 is 2.56 bits per heavy atom. The highest BCUT2D eigenvalue weighted by atomic mass is 16.4. The van der Waals surface area contributed by atoms with Gasteiger partial charge in [0.1, 0.15) is 0 Å². The predicted octanol–water partition coefficient (Wildman–Crippen LogP) is 1.87. The Balaban J connectivity index is 2.48. The van der Waals surface area contributed by atoms with E-state index in [1.165, 1.54) is 0 Å². The average molecular weight is 216 g/mol. The van der Waals surface area contributed by atoms with Gasteiger partial charge in [-0.2, -0.15) is 0 Å². The molecule has 4 nitrogen and oxygen atoms in total. The van der Waals surface area contributed by atoms with E-state index in [-0.39, 0.29) is 0 Å². The van der Waals surface area contributed by atoms with Crippen molar-refractivity contribution < 1.29 is 9.90 Å². The number of hydrogen-bond donors (Lipinski definition) is 1. The van der Waals surface area contributed by atoms with Crippen molar-refractivity contribution in [2.24, 2.45) is 0 Å². The second-order valence-corrected chi connectivity index (χ2v) is 3.59. The summed E-state index contributed by atoms with van der Waals surface area (Å²) < 4.78 is 1.65. The van der Waals surface area contributed by atoms with E-state index in [2.05, 4.69) is 4.98 Å². The maximum absolute atomic E-state index is 11.3. The zero-order chi connectivity index (χ0) is 11.5. The minimum atomic E-state index is -0.882. The zero-order valence-electron chi connectivity index (χ0n) is 8.87. The van der Waals surface area contributed by atoms with E-state index in [4.69, 9.17) is 0 Å². The molecule has 16 heavy (non-hydrogen) atoms. The molecule has 0 saturated heterocycles. The lowest BCUT2D eigenvalue weighted by atomic mass is 10.1. The molecule has 0 saturated carbocycles. The van der Waals surface area contributed by atoms with E-state index >= 15 is 0 Å². The summed E-state index contributed by atoms with van der Waals surface area (Å²) in [6, 6.07) is 8.43. The molecule has 1 unspecified atom stereocenters. The highest BCUT2D eigenvalue weighted by molar-refractivity contribution is 5.76. The number of imidazole rings is 1. The van der Waals surface area contributed by atoms with Gasteiger partial charge in [-0.1, -0.05) is 30.3 Å². The molecule has 1 aromatic heterocycles. The van der Waals surface area contributed by atoms with Crippen molar-refractivity contribution >= 4 is 5.97 Å². The third kappa shape index (κ3) is 1.82. The molecule has 0 fully saturated rings. The normalized spacial score (nSPS) is 12.3. The number of carboxylic acids is 1. The SMILES string of the molecule is Cc1cncn1C(C(=O)O)c1ccccc1. The largest absolute Gasteiger partial charge is 0.479 e. The first kappa shape index (κ1) is 10.4. The lowest BCUT2D eigenvalue weighted by Crippen LogP contribution is -2.20. The molecule has 1 aromatic carbocycles. The van der Waals surface area contributed by atoms with Gasteiger partial charge in [0.25, 0.3) is 0 Å². The summed E-state index contributed by atoms with van der Waals surface area (Å²) in [5.41, 5.74) is 1.58. The number of aromatic nitrogens is 2. The van der Waals surface area contributed by atoms with Gasteiger partial charge in [0.05, 0.1) is 6.33 Å². The fourth-order valence-electron chi connectivity index (χ4n) is 1.70. The molecule has 0 amide bonds. The van der Waals surface area contributed by atoms with Crippen LogP contribution in [0.25, 0.3) is 0 Å². The van der Waals surface area contributed by atoms with Crippen LogP contribution >= 0.6 is 0 Å². The summed E-state index contributed by atoms with van der Waals surface area (Å²) >= 11 is 0. The Bertz CT molecular complexity index is 491. The first-order chi connectivity index (χ1) is 7.70. The Labute approximate surface area is 93.2 Å². The smallest absolute Gasteiger partial charge is 0.331 e. The summed E-state index contributed by atoms with van der Waals surface area (Å²) in [4.78, 5) is 15.3. The lowest BCUT2D eigenvalue weighted by Gasteiger charge is -2.15. The van der Waals surface area contributed by atoms with Gasteiger partial charge in [0.15, 0.2) is 6.04 Å². The van der Waals surface area contributed by atoms with Crippen LogP contribution in [0.3, 0.4) is 0 Å². The quantitative estimate of drug-likeness (QED) is 0.852. The van der Waals surface area contributed by atoms with Crippen molar-refractivity contribution in [3.8, 4) is 0 Å². The van der Waals surface area contributed by atoms with Crippen LogP contribution in [0.4, 0.5) is 0 Å². The van der Waals surface area contributed by atoms with E-state index in [9.17, 15) is 9.90 Å². The minimum absolute atomic E-state index is 0.705. The van der Waals surface area contributed by atoms with Gasteiger partial charge in [-0.15, -0.1) is 0 Å². The molecule has 0 aliphatic rings. The first-order valence-electron chi connectivity index (χ1n) is 4.96. The van der Waals surface area contributed by atoms with E-state index in [0.717, 1.165) is 11.3 Å². The molecule has 1 heterocycles. The molecule has 0 spiro atoms. The van der Waals surface area contributed by atoms with Crippen molar-refractivity contribution in [1.29, 1.82) is 0 Å². The second-order valence-electron chi connectivity index (χ2n) is 3.59. The molecular formula is C12H12N2O2. The van der Waals surface area contributed by atoms with Crippen LogP contribution in [0.2, 0.25) is 0 Å². The fourth-order valence-corrected chi connectivity index (χ4v) is 1.70. The van der Waals surface area contributed by atoms with Crippen LogP contribution < -0.4 is 0 Å². The van der Waals surface area contributed by atoms with Crippen LogP contribution in [0, 0.1) is 6.92 Å². The number of aryl methyl sites for hydroxylation is 1. The number of nitrogens with zero attached hydrogens (tertiary/aromatic N) is 2. The molecule has 2 aromatic rings. The fraction of sp³-hybridized carbons (Fsp3) is 0.167. The number of rotatable bonds is 3. The van der Waals surface area contributed by atoms with E-state index in [1.54, 1.807) is 29.2 Å². The minimum Gasteiger partial charge on any atom is -0.479 e. The molecule has 82 valence electrons. The van der Waals surface area contributed by atoms with Gasteiger partial charge in [-0.3, -0.25) is 0 Å². The number of aliphatic carboxylic acids is 1. The molecular weight excluding hydrogens is 204 g/mol. The lowest BCUT2D eigenvalue weighted by molar-refractivity contribution is -0.139. The van der Waals surface area contributed by atoms with Crippen molar-refractivity contribution in [2.45, 2.75) is 13.0 Å². The number of carbonyl (C=O) groups is 1. The van der Waals surface area contributed by atoms with Gasteiger partial charge in [-0.05, 0) is 12.5 Å². The first-order valence-corrected chi connectivity index (χ1v) is 4.96. The van der Waals surface area contributed by atoms with Crippen LogP contribution in [-0.4, -0.2) is 20.6 Å². The summed E-state index contributed by atoms with van der Waals surface area (Å²) in [7, 11) is 0. The van der Waals surface area contributed by atoms with Crippen molar-refractivity contribution in [3.05, 3.63) is 54.1 Å². The van der Waals surface area contributed by atoms with Gasteiger partial charge in [-0.25, -0.2) is 9.78 Å². The average Bonchev–Trinajstić information content (AvgIpc) is 2.66. The zero-order valence-corrected chi connectivity index (χ0v) is 8.87. The van der Waals surface area contributed by atoms with E-state index < -0.39 is 12.0 Å². The molecule has 0 aliphatic heterocycles. The monoisotopic (exact) mass is 216 g/mol. The molecule has 0 bridgehead atoms. The van der Waals surface area contributed by atoms with E-state index in [0.29, 0.717) is 0 Å². The van der Waals surface area contributed by atoms with Gasteiger partial charge in [0, 0.05) is 11.9 Å². The van der Waals surface area contributed by atoms with Crippen molar-refractivity contribution in [3.63, 3.8) is 0 Å². The highest BCUT2D eigenvalue weighted by Gasteiger charge is 2.22. The standard InChI is InChI=1S/C12H12N2O2/c1-9-7-13-8-14(9)11(12(15)16)10-5-3-2-4-6-10/h2-8,11H,1H3,(H,15,16). The van der Waals surface area contributed by atoms with Crippen molar-refractivity contribution in [2.75, 3.05) is 0 Å². The Hall–Kier alpha value is -2.10. The number of hydrogen-bond acceptors (Lipinski definition) is 2. The van der Waals surface area contributed by atoms with Crippen LogP contribution in [0.1, 0.15) is 17.3 Å². The topological polar surface area (TPSA) is 55.1 Å². The summed E-state index contributed by atoms with van der Waals surface area (Å²) in [6.45, 7) is 1.84. The maximum Gasteiger partial charge on any atom is 0.331 e. The summed E-state index contributed by atoms with van der Waals surface area (Å²) in [6.07, 6.45) is 3.19. The molecule has 1 N–H and O–H groups in total. The molecule has 4 heteroatoms. The van der Waals surface area contributed by atoms with Gasteiger partial charge < -0.3 is 9.67 Å². The Kier molecular flexibility index (Phi) is 2.72. The molecule has 0 aliphatic carbocycles. The molecule has 1 atom stereocenters. The Morgan fingerprint density at radius 1 is 1.38 bits per heavy atom. The number of benzene rings is 1. The van der Waals surface area contributed by atoms with E-state index in [1.807, 2.05) is 25.1 Å². The van der Waals surface area contributed by atoms with Gasteiger partial charge in [0.2, 0.25) is 0 Å². The van der Waals surface area contributed by atoms with Crippen molar-refractivity contribution in [1.82, 2.24) is 9.55 Å². The third-order valence-electron chi connectivity index (χ3n) is 2.49. The molecule has 0 radical (unpaired) electrons. The van der Waals surface area contributed by atoms with Crippen LogP contribution in [0.5, 0.6) is 0 Å².